The second kappa shape index (κ2) is 6.70. The van der Waals surface area contributed by atoms with Crippen LogP contribution in [0.3, 0.4) is 0 Å². The predicted octanol–water partition coefficient (Wildman–Crippen LogP) is -0.0467. The van der Waals surface area contributed by atoms with Gasteiger partial charge in [0.15, 0.2) is 0 Å². The number of hydrogen-bond donors (Lipinski definition) is 1. The third-order valence-electron chi connectivity index (χ3n) is 3.87. The highest BCUT2D eigenvalue weighted by Crippen LogP contribution is 2.20. The maximum absolute atomic E-state index is 12.6. The number of pyridine rings is 1. The summed E-state index contributed by atoms with van der Waals surface area (Å²) in [6.45, 7) is 1.06. The van der Waals surface area contributed by atoms with E-state index in [2.05, 4.69) is 14.8 Å². The van der Waals surface area contributed by atoms with Gasteiger partial charge >= 0.3 is 0 Å². The highest BCUT2D eigenvalue weighted by atomic mass is 32.2. The number of nitrogens with one attached hydrogen (secondary N) is 1. The molecule has 0 bridgehead atoms. The van der Waals surface area contributed by atoms with Gasteiger partial charge in [-0.3, -0.25) is 14.5 Å². The molecule has 0 fully saturated rings. The number of rotatable bonds is 5. The molecule has 0 saturated carbocycles. The molecule has 0 aromatic carbocycles. The Morgan fingerprint density at radius 2 is 2.17 bits per heavy atom. The minimum absolute atomic E-state index is 0.0366. The molecule has 2 aromatic rings. The lowest BCUT2D eigenvalue weighted by atomic mass is 10.1. The van der Waals surface area contributed by atoms with Crippen molar-refractivity contribution < 1.29 is 13.2 Å². The lowest BCUT2D eigenvalue weighted by molar-refractivity contribution is -0.132. The normalized spacial score (nSPS) is 17.5. The van der Waals surface area contributed by atoms with E-state index in [9.17, 15) is 13.2 Å². The fourth-order valence-electron chi connectivity index (χ4n) is 2.75. The molecule has 3 heterocycles. The van der Waals surface area contributed by atoms with Crippen molar-refractivity contribution >= 4 is 15.9 Å². The van der Waals surface area contributed by atoms with Gasteiger partial charge in [0.25, 0.3) is 0 Å². The zero-order valence-corrected chi connectivity index (χ0v) is 14.1. The molecule has 1 aliphatic rings. The lowest BCUT2D eigenvalue weighted by Gasteiger charge is -2.34. The molecule has 0 saturated heterocycles. The van der Waals surface area contributed by atoms with Crippen molar-refractivity contribution in [1.29, 1.82) is 0 Å². The third-order valence-corrected chi connectivity index (χ3v) is 4.57. The van der Waals surface area contributed by atoms with E-state index in [4.69, 9.17) is 0 Å². The first kappa shape index (κ1) is 16.6. The van der Waals surface area contributed by atoms with Crippen LogP contribution in [0.4, 0.5) is 0 Å². The highest BCUT2D eigenvalue weighted by Gasteiger charge is 2.29. The molecule has 1 atom stereocenters. The molecule has 1 amide bonds. The molecule has 24 heavy (non-hydrogen) atoms. The van der Waals surface area contributed by atoms with Gasteiger partial charge in [0, 0.05) is 31.2 Å². The van der Waals surface area contributed by atoms with Crippen LogP contribution in [0, 0.1) is 0 Å². The van der Waals surface area contributed by atoms with Gasteiger partial charge in [-0.1, -0.05) is 6.07 Å². The zero-order valence-electron chi connectivity index (χ0n) is 13.3. The summed E-state index contributed by atoms with van der Waals surface area (Å²) >= 11 is 0. The molecule has 1 unspecified atom stereocenters. The van der Waals surface area contributed by atoms with Crippen LogP contribution in [0.25, 0.3) is 0 Å². The van der Waals surface area contributed by atoms with Crippen molar-refractivity contribution in [3.05, 3.63) is 48.0 Å². The Bertz CT molecular complexity index is 819. The number of sulfonamides is 1. The van der Waals surface area contributed by atoms with Gasteiger partial charge < -0.3 is 4.90 Å². The summed E-state index contributed by atoms with van der Waals surface area (Å²) < 4.78 is 27.0. The fourth-order valence-corrected chi connectivity index (χ4v) is 3.24. The predicted molar refractivity (Wildman–Crippen MR) is 87.5 cm³/mol. The van der Waals surface area contributed by atoms with Crippen LogP contribution in [-0.4, -0.2) is 53.3 Å². The molecule has 1 N–H and O–H groups in total. The summed E-state index contributed by atoms with van der Waals surface area (Å²) in [7, 11) is -3.30. The van der Waals surface area contributed by atoms with E-state index in [1.54, 1.807) is 28.0 Å². The summed E-state index contributed by atoms with van der Waals surface area (Å²) in [5.41, 5.74) is 1.60. The Balaban J connectivity index is 1.73. The molecule has 8 nitrogen and oxygen atoms in total. The third kappa shape index (κ3) is 3.98. The Morgan fingerprint density at radius 1 is 1.33 bits per heavy atom. The van der Waals surface area contributed by atoms with Crippen molar-refractivity contribution in [2.75, 3.05) is 19.3 Å². The van der Waals surface area contributed by atoms with Crippen LogP contribution in [0.1, 0.15) is 17.4 Å². The van der Waals surface area contributed by atoms with Gasteiger partial charge in [0.1, 0.15) is 0 Å². The standard InChI is InChI=1S/C15H19N5O3S/c1-24(22,23)18-9-14-11-19(10-13-5-7-17-20(13)14)15(21)8-12-4-2-3-6-16-12/h2-7,14,18H,8-11H2,1H3. The minimum Gasteiger partial charge on any atom is -0.334 e. The number of aromatic nitrogens is 3. The molecule has 1 aliphatic heterocycles. The second-order valence-corrected chi connectivity index (χ2v) is 7.65. The van der Waals surface area contributed by atoms with E-state index in [1.165, 1.54) is 0 Å². The van der Waals surface area contributed by atoms with Crippen molar-refractivity contribution in [3.8, 4) is 0 Å². The molecule has 0 radical (unpaired) electrons. The average Bonchev–Trinajstić information content (AvgIpc) is 3.01. The lowest BCUT2D eigenvalue weighted by Crippen LogP contribution is -2.45. The van der Waals surface area contributed by atoms with Crippen LogP contribution >= 0.6 is 0 Å². The first-order valence-corrected chi connectivity index (χ1v) is 9.46. The van der Waals surface area contributed by atoms with Crippen LogP contribution in [0.2, 0.25) is 0 Å². The zero-order chi connectivity index (χ0) is 17.2. The maximum atomic E-state index is 12.6. The van der Waals surface area contributed by atoms with Gasteiger partial charge in [-0.05, 0) is 18.2 Å². The summed E-state index contributed by atoms with van der Waals surface area (Å²) in [6, 6.07) is 7.08. The van der Waals surface area contributed by atoms with E-state index in [0.717, 1.165) is 11.9 Å². The van der Waals surface area contributed by atoms with Crippen LogP contribution in [0.15, 0.2) is 36.7 Å². The van der Waals surface area contributed by atoms with E-state index in [-0.39, 0.29) is 24.9 Å². The summed E-state index contributed by atoms with van der Waals surface area (Å²) in [5.74, 6) is -0.0366. The number of fused-ring (bicyclic) bond motifs is 1. The molecule has 3 rings (SSSR count). The van der Waals surface area contributed by atoms with Crippen molar-refractivity contribution in [2.24, 2.45) is 0 Å². The molecule has 9 heteroatoms. The first-order valence-electron chi connectivity index (χ1n) is 7.57. The number of hydrogen-bond acceptors (Lipinski definition) is 5. The topological polar surface area (TPSA) is 97.2 Å². The van der Waals surface area contributed by atoms with Gasteiger partial charge in [-0.15, -0.1) is 0 Å². The van der Waals surface area contributed by atoms with E-state index >= 15 is 0 Å². The highest BCUT2D eigenvalue weighted by molar-refractivity contribution is 7.88. The molecule has 0 aliphatic carbocycles. The Kier molecular flexibility index (Phi) is 4.63. The van der Waals surface area contributed by atoms with Crippen LogP contribution in [0.5, 0.6) is 0 Å². The Morgan fingerprint density at radius 3 is 2.88 bits per heavy atom. The largest absolute Gasteiger partial charge is 0.334 e. The summed E-state index contributed by atoms with van der Waals surface area (Å²) in [6.07, 6.45) is 4.66. The van der Waals surface area contributed by atoms with Crippen LogP contribution in [-0.2, 0) is 27.8 Å². The van der Waals surface area contributed by atoms with Gasteiger partial charge in [0.2, 0.25) is 15.9 Å². The maximum Gasteiger partial charge on any atom is 0.229 e. The van der Waals surface area contributed by atoms with E-state index < -0.39 is 10.0 Å². The monoisotopic (exact) mass is 349 g/mol. The molecular weight excluding hydrogens is 330 g/mol. The molecule has 128 valence electrons. The minimum atomic E-state index is -3.30. The van der Waals surface area contributed by atoms with E-state index in [0.29, 0.717) is 18.8 Å². The number of carbonyl (C=O) groups is 1. The van der Waals surface area contributed by atoms with Gasteiger partial charge in [0.05, 0.1) is 31.0 Å². The second-order valence-electron chi connectivity index (χ2n) is 5.81. The van der Waals surface area contributed by atoms with Crippen molar-refractivity contribution in [3.63, 3.8) is 0 Å². The van der Waals surface area contributed by atoms with Gasteiger partial charge in [-0.25, -0.2) is 13.1 Å². The number of amides is 1. The number of nitrogens with zero attached hydrogens (tertiary/aromatic N) is 4. The SMILES string of the molecule is CS(=O)(=O)NCC1CN(C(=O)Cc2ccccn2)Cc2ccnn21. The molecule has 2 aromatic heterocycles. The molecular formula is C15H19N5O3S. The number of carbonyl (C=O) groups excluding carboxylic acids is 1. The van der Waals surface area contributed by atoms with Gasteiger partial charge in [-0.2, -0.15) is 5.10 Å². The average molecular weight is 349 g/mol. The Labute approximate surface area is 140 Å². The smallest absolute Gasteiger partial charge is 0.229 e. The quantitative estimate of drug-likeness (QED) is 0.816. The molecule has 0 spiro atoms. The van der Waals surface area contributed by atoms with Crippen molar-refractivity contribution in [2.45, 2.75) is 19.0 Å². The summed E-state index contributed by atoms with van der Waals surface area (Å²) in [4.78, 5) is 18.5. The van der Waals surface area contributed by atoms with E-state index in [1.807, 2.05) is 18.2 Å². The van der Waals surface area contributed by atoms with Crippen molar-refractivity contribution in [1.82, 2.24) is 24.4 Å². The summed E-state index contributed by atoms with van der Waals surface area (Å²) in [5, 5.41) is 4.25. The Hall–Kier alpha value is -2.26. The fraction of sp³-hybridized carbons (Fsp3) is 0.400. The van der Waals surface area contributed by atoms with Crippen LogP contribution < -0.4 is 4.72 Å². The first-order chi connectivity index (χ1) is 11.4.